The van der Waals surface area contributed by atoms with E-state index >= 15 is 0 Å². The van der Waals surface area contributed by atoms with E-state index < -0.39 is 31.1 Å². The summed E-state index contributed by atoms with van der Waals surface area (Å²) >= 11 is 5.72. The number of nitrogens with zero attached hydrogens (tertiary/aromatic N) is 4. The van der Waals surface area contributed by atoms with Gasteiger partial charge in [-0.25, -0.2) is 9.97 Å². The van der Waals surface area contributed by atoms with E-state index in [1.165, 1.54) is 17.1 Å². The lowest BCUT2D eigenvalue weighted by Crippen LogP contribution is -2.33. The molecule has 0 bridgehead atoms. The van der Waals surface area contributed by atoms with Gasteiger partial charge in [-0.2, -0.15) is 4.98 Å². The number of ether oxygens (including phenoxy) is 1. The van der Waals surface area contributed by atoms with Gasteiger partial charge in [0, 0.05) is 0 Å². The van der Waals surface area contributed by atoms with Crippen LogP contribution in [0.5, 0.6) is 0 Å². The van der Waals surface area contributed by atoms with Crippen LogP contribution in [-0.4, -0.2) is 59.8 Å². The standard InChI is InChI=1S/C10H11ClN4O4/c11-10-12-1-4-8(14-10)15(3-13-4)9-7(18)6(17)5(2-16)19-9/h1,3,5-7,9,16-18H,2H2/t5-,6-,7+,9-/m0/s1. The van der Waals surface area contributed by atoms with Crippen LogP contribution in [0.3, 0.4) is 0 Å². The zero-order valence-corrected chi connectivity index (χ0v) is 10.3. The van der Waals surface area contributed by atoms with E-state index in [0.29, 0.717) is 11.2 Å². The Bertz CT molecular complexity index is 606. The fourth-order valence-electron chi connectivity index (χ4n) is 2.10. The summed E-state index contributed by atoms with van der Waals surface area (Å²) < 4.78 is 6.85. The van der Waals surface area contributed by atoms with Crippen LogP contribution in [0.4, 0.5) is 0 Å². The Morgan fingerprint density at radius 1 is 1.32 bits per heavy atom. The van der Waals surface area contributed by atoms with Crippen LogP contribution in [0.1, 0.15) is 6.23 Å². The SMILES string of the molecule is OC[C@@H]1O[C@H](n2cnc3cnc(Cl)nc32)[C@H](O)[C@H]1O. The Kier molecular flexibility index (Phi) is 3.11. The van der Waals surface area contributed by atoms with E-state index in [0.717, 1.165) is 0 Å². The molecular formula is C10H11ClN4O4. The summed E-state index contributed by atoms with van der Waals surface area (Å²) in [6.07, 6.45) is -1.25. The van der Waals surface area contributed by atoms with Crippen molar-refractivity contribution in [2.45, 2.75) is 24.5 Å². The van der Waals surface area contributed by atoms with Gasteiger partial charge < -0.3 is 20.1 Å². The Labute approximate surface area is 112 Å². The second-order valence-electron chi connectivity index (χ2n) is 4.23. The minimum absolute atomic E-state index is 0.0426. The number of aromatic nitrogens is 4. The van der Waals surface area contributed by atoms with E-state index in [2.05, 4.69) is 15.0 Å². The number of hydrogen-bond acceptors (Lipinski definition) is 7. The maximum atomic E-state index is 9.95. The average Bonchev–Trinajstić information content (AvgIpc) is 2.92. The van der Waals surface area contributed by atoms with Gasteiger partial charge in [-0.05, 0) is 11.6 Å². The van der Waals surface area contributed by atoms with Crippen LogP contribution in [0.15, 0.2) is 12.5 Å². The van der Waals surface area contributed by atoms with Crippen molar-refractivity contribution in [2.24, 2.45) is 0 Å². The van der Waals surface area contributed by atoms with Gasteiger partial charge in [0.15, 0.2) is 11.9 Å². The van der Waals surface area contributed by atoms with Crippen molar-refractivity contribution in [1.29, 1.82) is 0 Å². The highest BCUT2D eigenvalue weighted by molar-refractivity contribution is 6.28. The lowest BCUT2D eigenvalue weighted by atomic mass is 10.1. The Balaban J connectivity index is 2.03. The molecule has 1 fully saturated rings. The number of halogens is 1. The van der Waals surface area contributed by atoms with Gasteiger partial charge in [-0.1, -0.05) is 0 Å². The van der Waals surface area contributed by atoms with Crippen LogP contribution < -0.4 is 0 Å². The first-order valence-electron chi connectivity index (χ1n) is 5.59. The van der Waals surface area contributed by atoms with Crippen molar-refractivity contribution in [2.75, 3.05) is 6.61 Å². The molecule has 0 amide bonds. The molecule has 4 atom stereocenters. The van der Waals surface area contributed by atoms with Crippen LogP contribution in [0.2, 0.25) is 5.28 Å². The second-order valence-corrected chi connectivity index (χ2v) is 4.57. The zero-order valence-electron chi connectivity index (χ0n) is 9.59. The number of aliphatic hydroxyl groups excluding tert-OH is 3. The fourth-order valence-corrected chi connectivity index (χ4v) is 2.23. The van der Waals surface area contributed by atoms with Crippen LogP contribution >= 0.6 is 11.6 Å². The van der Waals surface area contributed by atoms with Gasteiger partial charge in [0.25, 0.3) is 0 Å². The van der Waals surface area contributed by atoms with Crippen LogP contribution in [0.25, 0.3) is 11.2 Å². The summed E-state index contributed by atoms with van der Waals surface area (Å²) in [6, 6.07) is 0. The first-order chi connectivity index (χ1) is 9.11. The van der Waals surface area contributed by atoms with Gasteiger partial charge >= 0.3 is 0 Å². The summed E-state index contributed by atoms with van der Waals surface area (Å²) in [5, 5.41) is 28.8. The smallest absolute Gasteiger partial charge is 0.224 e. The Morgan fingerprint density at radius 2 is 2.11 bits per heavy atom. The van der Waals surface area contributed by atoms with E-state index in [1.54, 1.807) is 0 Å². The normalized spacial score (nSPS) is 31.2. The van der Waals surface area contributed by atoms with Gasteiger partial charge in [-0.15, -0.1) is 0 Å². The molecule has 1 aliphatic heterocycles. The summed E-state index contributed by atoms with van der Waals surface area (Å²) in [7, 11) is 0. The fraction of sp³-hybridized carbons (Fsp3) is 0.500. The number of hydrogen-bond donors (Lipinski definition) is 3. The average molecular weight is 287 g/mol. The van der Waals surface area contributed by atoms with Crippen molar-refractivity contribution < 1.29 is 20.1 Å². The molecule has 1 saturated heterocycles. The molecule has 3 N–H and O–H groups in total. The first-order valence-corrected chi connectivity index (χ1v) is 5.97. The molecule has 0 unspecified atom stereocenters. The van der Waals surface area contributed by atoms with Crippen LogP contribution in [-0.2, 0) is 4.74 Å². The number of rotatable bonds is 2. The van der Waals surface area contributed by atoms with Gasteiger partial charge in [0.1, 0.15) is 23.8 Å². The predicted molar refractivity (Wildman–Crippen MR) is 63.3 cm³/mol. The van der Waals surface area contributed by atoms with Gasteiger partial charge in [0.05, 0.1) is 19.1 Å². The van der Waals surface area contributed by atoms with E-state index in [-0.39, 0.29) is 5.28 Å². The molecule has 3 rings (SSSR count). The second kappa shape index (κ2) is 4.66. The first kappa shape index (κ1) is 12.7. The third-order valence-electron chi connectivity index (χ3n) is 3.08. The molecule has 102 valence electrons. The molecule has 8 nitrogen and oxygen atoms in total. The summed E-state index contributed by atoms with van der Waals surface area (Å²) in [6.45, 7) is -0.392. The van der Waals surface area contributed by atoms with Crippen molar-refractivity contribution >= 4 is 22.8 Å². The van der Waals surface area contributed by atoms with Crippen molar-refractivity contribution in [3.63, 3.8) is 0 Å². The largest absolute Gasteiger partial charge is 0.394 e. The van der Waals surface area contributed by atoms with E-state index in [4.69, 9.17) is 21.4 Å². The number of fused-ring (bicyclic) bond motifs is 1. The lowest BCUT2D eigenvalue weighted by molar-refractivity contribution is -0.0511. The Hall–Kier alpha value is -1.32. The topological polar surface area (TPSA) is 114 Å². The molecular weight excluding hydrogens is 276 g/mol. The third-order valence-corrected chi connectivity index (χ3v) is 3.26. The molecule has 0 radical (unpaired) electrons. The molecule has 2 aromatic heterocycles. The summed E-state index contributed by atoms with van der Waals surface area (Å²) in [5.41, 5.74) is 0.872. The molecule has 0 saturated carbocycles. The minimum atomic E-state index is -1.19. The molecule has 1 aliphatic rings. The number of imidazole rings is 1. The maximum Gasteiger partial charge on any atom is 0.224 e. The highest BCUT2D eigenvalue weighted by Crippen LogP contribution is 2.31. The molecule has 19 heavy (non-hydrogen) atoms. The molecule has 3 heterocycles. The maximum absolute atomic E-state index is 9.95. The molecule has 0 aromatic carbocycles. The zero-order chi connectivity index (χ0) is 13.6. The molecule has 0 spiro atoms. The summed E-state index contributed by atoms with van der Waals surface area (Å²) in [4.78, 5) is 11.9. The predicted octanol–water partition coefficient (Wildman–Crippen LogP) is -0.909. The monoisotopic (exact) mass is 286 g/mol. The van der Waals surface area contributed by atoms with Crippen molar-refractivity contribution in [3.05, 3.63) is 17.8 Å². The van der Waals surface area contributed by atoms with Gasteiger partial charge in [0.2, 0.25) is 5.28 Å². The van der Waals surface area contributed by atoms with E-state index in [1.807, 2.05) is 0 Å². The molecule has 2 aromatic rings. The minimum Gasteiger partial charge on any atom is -0.394 e. The van der Waals surface area contributed by atoms with Gasteiger partial charge in [-0.3, -0.25) is 4.57 Å². The quantitative estimate of drug-likeness (QED) is 0.613. The summed E-state index contributed by atoms with van der Waals surface area (Å²) in [5.74, 6) is 0. The number of aliphatic hydroxyl groups is 3. The Morgan fingerprint density at radius 3 is 2.79 bits per heavy atom. The third kappa shape index (κ3) is 1.97. The van der Waals surface area contributed by atoms with Crippen LogP contribution in [0, 0.1) is 0 Å². The van der Waals surface area contributed by atoms with E-state index in [9.17, 15) is 10.2 Å². The van der Waals surface area contributed by atoms with Crippen molar-refractivity contribution in [1.82, 2.24) is 19.5 Å². The molecule has 9 heteroatoms. The highest BCUT2D eigenvalue weighted by Gasteiger charge is 2.43. The van der Waals surface area contributed by atoms with Crippen molar-refractivity contribution in [3.8, 4) is 0 Å². The lowest BCUT2D eigenvalue weighted by Gasteiger charge is -2.16. The molecule has 0 aliphatic carbocycles. The highest BCUT2D eigenvalue weighted by atomic mass is 35.5.